The fourth-order valence-electron chi connectivity index (χ4n) is 1.44. The molecular formula is C9H14N2O. The Kier molecular flexibility index (Phi) is 1.89. The summed E-state index contributed by atoms with van der Waals surface area (Å²) >= 11 is 0. The summed E-state index contributed by atoms with van der Waals surface area (Å²) in [5.74, 6) is 0. The van der Waals surface area contributed by atoms with Crippen LogP contribution in [-0.2, 0) is 11.3 Å². The summed E-state index contributed by atoms with van der Waals surface area (Å²) in [7, 11) is 0. The van der Waals surface area contributed by atoms with Crippen molar-refractivity contribution in [3.05, 3.63) is 17.5 Å². The molecule has 1 aliphatic rings. The van der Waals surface area contributed by atoms with Crippen molar-refractivity contribution in [2.45, 2.75) is 32.9 Å². The second kappa shape index (κ2) is 2.90. The van der Waals surface area contributed by atoms with Crippen molar-refractivity contribution in [2.75, 3.05) is 6.61 Å². The molecule has 0 aromatic carbocycles. The number of hydrogen-bond donors (Lipinski definition) is 0. The van der Waals surface area contributed by atoms with Gasteiger partial charge in [-0.1, -0.05) is 6.92 Å². The fourth-order valence-corrected chi connectivity index (χ4v) is 1.44. The van der Waals surface area contributed by atoms with Gasteiger partial charge in [0.2, 0.25) is 0 Å². The number of nitrogens with zero attached hydrogens (tertiary/aromatic N) is 2. The maximum absolute atomic E-state index is 5.21. The summed E-state index contributed by atoms with van der Waals surface area (Å²) < 4.78 is 7.27. The first-order valence-corrected chi connectivity index (χ1v) is 4.47. The van der Waals surface area contributed by atoms with Crippen LogP contribution < -0.4 is 0 Å². The third-order valence-electron chi connectivity index (χ3n) is 2.26. The minimum absolute atomic E-state index is 0.343. The minimum atomic E-state index is 0.343. The second-order valence-corrected chi connectivity index (χ2v) is 3.23. The van der Waals surface area contributed by atoms with Gasteiger partial charge >= 0.3 is 0 Å². The second-order valence-electron chi connectivity index (χ2n) is 3.23. The number of epoxide rings is 1. The number of aryl methyl sites for hydroxylation is 1. The molecule has 0 amide bonds. The first-order valence-electron chi connectivity index (χ1n) is 4.47. The van der Waals surface area contributed by atoms with E-state index >= 15 is 0 Å². The zero-order valence-corrected chi connectivity index (χ0v) is 7.58. The average Bonchev–Trinajstić information content (AvgIpc) is 2.82. The molecule has 1 saturated heterocycles. The topological polar surface area (TPSA) is 30.4 Å². The molecule has 66 valence electrons. The zero-order valence-electron chi connectivity index (χ0n) is 7.58. The van der Waals surface area contributed by atoms with Crippen molar-refractivity contribution >= 4 is 0 Å². The molecule has 1 atom stereocenters. The van der Waals surface area contributed by atoms with E-state index in [4.69, 9.17) is 4.74 Å². The highest BCUT2D eigenvalue weighted by atomic mass is 16.6. The number of rotatable bonds is 3. The van der Waals surface area contributed by atoms with E-state index in [1.54, 1.807) is 0 Å². The molecule has 3 heteroatoms. The first-order chi connectivity index (χ1) is 5.83. The van der Waals surface area contributed by atoms with Crippen LogP contribution in [0.1, 0.15) is 30.7 Å². The van der Waals surface area contributed by atoms with E-state index in [9.17, 15) is 0 Å². The first kappa shape index (κ1) is 7.80. The normalized spacial score (nSPS) is 21.3. The molecule has 12 heavy (non-hydrogen) atoms. The number of aromatic nitrogens is 2. The summed E-state index contributed by atoms with van der Waals surface area (Å²) in [4.78, 5) is 0. The standard InChI is InChI=1S/C9H14N2O/c1-3-4-11-7(2)8(5-10-11)9-6-12-9/h5,9H,3-4,6H2,1-2H3. The molecule has 0 spiro atoms. The lowest BCUT2D eigenvalue weighted by molar-refractivity contribution is 0.414. The van der Waals surface area contributed by atoms with Crippen LogP contribution in [0.3, 0.4) is 0 Å². The van der Waals surface area contributed by atoms with E-state index < -0.39 is 0 Å². The Balaban J connectivity index is 2.21. The van der Waals surface area contributed by atoms with E-state index in [1.807, 2.05) is 6.20 Å². The van der Waals surface area contributed by atoms with Crippen molar-refractivity contribution in [3.63, 3.8) is 0 Å². The lowest BCUT2D eigenvalue weighted by Crippen LogP contribution is -2.01. The van der Waals surface area contributed by atoms with E-state index in [-0.39, 0.29) is 0 Å². The molecule has 0 radical (unpaired) electrons. The van der Waals surface area contributed by atoms with Crippen molar-refractivity contribution in [2.24, 2.45) is 0 Å². The molecule has 1 aromatic heterocycles. The highest BCUT2D eigenvalue weighted by Gasteiger charge is 2.28. The van der Waals surface area contributed by atoms with Crippen LogP contribution in [0.2, 0.25) is 0 Å². The Labute approximate surface area is 72.3 Å². The molecule has 2 rings (SSSR count). The van der Waals surface area contributed by atoms with Gasteiger partial charge < -0.3 is 4.74 Å². The largest absolute Gasteiger partial charge is 0.368 e. The molecule has 0 saturated carbocycles. The Bertz CT molecular complexity index is 276. The van der Waals surface area contributed by atoms with Gasteiger partial charge in [-0.2, -0.15) is 5.10 Å². The highest BCUT2D eigenvalue weighted by Crippen LogP contribution is 2.31. The van der Waals surface area contributed by atoms with Gasteiger partial charge in [-0.05, 0) is 13.3 Å². The summed E-state index contributed by atoms with van der Waals surface area (Å²) in [6.45, 7) is 6.16. The van der Waals surface area contributed by atoms with Crippen LogP contribution in [-0.4, -0.2) is 16.4 Å². The smallest absolute Gasteiger partial charge is 0.109 e. The fraction of sp³-hybridized carbons (Fsp3) is 0.667. The zero-order chi connectivity index (χ0) is 8.55. The van der Waals surface area contributed by atoms with E-state index in [0.717, 1.165) is 19.6 Å². The molecular weight excluding hydrogens is 152 g/mol. The monoisotopic (exact) mass is 166 g/mol. The van der Waals surface area contributed by atoms with Crippen LogP contribution in [0, 0.1) is 6.92 Å². The molecule has 0 aliphatic carbocycles. The maximum Gasteiger partial charge on any atom is 0.109 e. The SMILES string of the molecule is CCCn1ncc(C2CO2)c1C. The van der Waals surface area contributed by atoms with Crippen LogP contribution >= 0.6 is 0 Å². The third-order valence-corrected chi connectivity index (χ3v) is 2.26. The van der Waals surface area contributed by atoms with Crippen LogP contribution in [0.4, 0.5) is 0 Å². The van der Waals surface area contributed by atoms with E-state index in [1.165, 1.54) is 11.3 Å². The van der Waals surface area contributed by atoms with Gasteiger partial charge in [0.1, 0.15) is 6.10 Å². The number of ether oxygens (including phenoxy) is 1. The van der Waals surface area contributed by atoms with Gasteiger partial charge in [-0.3, -0.25) is 4.68 Å². The molecule has 1 aliphatic heterocycles. The maximum atomic E-state index is 5.21. The van der Waals surface area contributed by atoms with Crippen molar-refractivity contribution in [3.8, 4) is 0 Å². The molecule has 2 heterocycles. The van der Waals surface area contributed by atoms with Gasteiger partial charge in [0, 0.05) is 17.8 Å². The quantitative estimate of drug-likeness (QED) is 0.639. The van der Waals surface area contributed by atoms with Gasteiger partial charge in [0.25, 0.3) is 0 Å². The molecule has 3 nitrogen and oxygen atoms in total. The molecule has 1 fully saturated rings. The van der Waals surface area contributed by atoms with Crippen molar-refractivity contribution in [1.29, 1.82) is 0 Å². The van der Waals surface area contributed by atoms with Gasteiger partial charge in [0.05, 0.1) is 12.8 Å². The van der Waals surface area contributed by atoms with Crippen LogP contribution in [0.5, 0.6) is 0 Å². The Morgan fingerprint density at radius 2 is 2.50 bits per heavy atom. The van der Waals surface area contributed by atoms with Gasteiger partial charge in [-0.15, -0.1) is 0 Å². The van der Waals surface area contributed by atoms with E-state index in [2.05, 4.69) is 23.6 Å². The third kappa shape index (κ3) is 1.25. The lowest BCUT2D eigenvalue weighted by Gasteiger charge is -2.01. The summed E-state index contributed by atoms with van der Waals surface area (Å²) in [5.41, 5.74) is 2.53. The Morgan fingerprint density at radius 1 is 1.75 bits per heavy atom. The molecule has 0 bridgehead atoms. The molecule has 0 N–H and O–H groups in total. The minimum Gasteiger partial charge on any atom is -0.368 e. The Morgan fingerprint density at radius 3 is 3.08 bits per heavy atom. The summed E-state index contributed by atoms with van der Waals surface area (Å²) in [5, 5.41) is 4.30. The van der Waals surface area contributed by atoms with Gasteiger partial charge in [-0.25, -0.2) is 0 Å². The Hall–Kier alpha value is -0.830. The van der Waals surface area contributed by atoms with Crippen LogP contribution in [0.25, 0.3) is 0 Å². The van der Waals surface area contributed by atoms with E-state index in [0.29, 0.717) is 6.10 Å². The van der Waals surface area contributed by atoms with Crippen LogP contribution in [0.15, 0.2) is 6.20 Å². The number of hydrogen-bond acceptors (Lipinski definition) is 2. The van der Waals surface area contributed by atoms with Gasteiger partial charge in [0.15, 0.2) is 0 Å². The van der Waals surface area contributed by atoms with Crippen molar-refractivity contribution < 1.29 is 4.74 Å². The predicted octanol–water partition coefficient (Wildman–Crippen LogP) is 1.67. The highest BCUT2D eigenvalue weighted by molar-refractivity contribution is 5.21. The summed E-state index contributed by atoms with van der Waals surface area (Å²) in [6, 6.07) is 0. The molecule has 1 unspecified atom stereocenters. The summed E-state index contributed by atoms with van der Waals surface area (Å²) in [6.07, 6.45) is 3.41. The molecule has 1 aromatic rings. The lowest BCUT2D eigenvalue weighted by atomic mass is 10.2. The van der Waals surface area contributed by atoms with Crippen molar-refractivity contribution in [1.82, 2.24) is 9.78 Å². The average molecular weight is 166 g/mol. The predicted molar refractivity (Wildman–Crippen MR) is 45.9 cm³/mol.